The molecule has 1 saturated heterocycles. The largest absolute Gasteiger partial charge is 0.354 e. The zero-order valence-electron chi connectivity index (χ0n) is 16.0. The molecule has 1 N–H and O–H groups in total. The highest BCUT2D eigenvalue weighted by atomic mass is 32.2. The predicted molar refractivity (Wildman–Crippen MR) is 110 cm³/mol. The summed E-state index contributed by atoms with van der Waals surface area (Å²) in [6.07, 6.45) is 3.61. The van der Waals surface area contributed by atoms with Gasteiger partial charge >= 0.3 is 0 Å². The molecule has 1 atom stereocenters. The predicted octanol–water partition coefficient (Wildman–Crippen LogP) is 2.63. The van der Waals surface area contributed by atoms with Crippen molar-refractivity contribution in [2.24, 2.45) is 0 Å². The first-order chi connectivity index (χ1) is 12.8. The van der Waals surface area contributed by atoms with Gasteiger partial charge in [-0.25, -0.2) is 0 Å². The Bertz CT molecular complexity index is 639. The van der Waals surface area contributed by atoms with Crippen molar-refractivity contribution >= 4 is 17.4 Å². The second-order valence-electron chi connectivity index (χ2n) is 7.12. The lowest BCUT2D eigenvalue weighted by atomic mass is 10.3. The average Bonchev–Trinajstić information content (AvgIpc) is 3.22. The van der Waals surface area contributed by atoms with Crippen LogP contribution in [0.1, 0.15) is 20.3 Å². The van der Waals surface area contributed by atoms with Gasteiger partial charge in [-0.3, -0.25) is 0 Å². The summed E-state index contributed by atoms with van der Waals surface area (Å²) in [5.74, 6) is 1.41. The smallest absolute Gasteiger partial charge is 0.160 e. The van der Waals surface area contributed by atoms with Gasteiger partial charge in [-0.1, -0.05) is 37.7 Å². The number of fused-ring (bicyclic) bond motifs is 3. The number of rotatable bonds is 7. The van der Waals surface area contributed by atoms with Gasteiger partial charge in [-0.2, -0.15) is 0 Å². The van der Waals surface area contributed by atoms with Gasteiger partial charge < -0.3 is 24.9 Å². The summed E-state index contributed by atoms with van der Waals surface area (Å²) in [6.45, 7) is 13.5. The van der Waals surface area contributed by atoms with Crippen LogP contribution in [0.2, 0.25) is 0 Å². The van der Waals surface area contributed by atoms with Crippen LogP contribution >= 0.6 is 11.8 Å². The summed E-state index contributed by atoms with van der Waals surface area (Å²) in [5, 5.41) is 3.48. The maximum atomic E-state index is 3.48. The van der Waals surface area contributed by atoms with E-state index < -0.39 is 0 Å². The van der Waals surface area contributed by atoms with Crippen LogP contribution in [0, 0.1) is 0 Å². The van der Waals surface area contributed by atoms with E-state index in [2.05, 4.69) is 69.2 Å². The van der Waals surface area contributed by atoms with E-state index in [1.165, 1.54) is 29.4 Å². The minimum Gasteiger partial charge on any atom is -0.354 e. The van der Waals surface area contributed by atoms with Crippen molar-refractivity contribution in [2.75, 3.05) is 57.3 Å². The third kappa shape index (κ3) is 3.42. The highest BCUT2D eigenvalue weighted by Gasteiger charge is 2.41. The lowest BCUT2D eigenvalue weighted by molar-refractivity contribution is 0.190. The molecule has 0 bridgehead atoms. The molecule has 142 valence electrons. The van der Waals surface area contributed by atoms with E-state index in [1.807, 2.05) is 11.8 Å². The Labute approximate surface area is 162 Å². The van der Waals surface area contributed by atoms with Crippen LogP contribution in [0.5, 0.6) is 0 Å². The Balaban J connectivity index is 1.51. The van der Waals surface area contributed by atoms with Gasteiger partial charge in [0.05, 0.1) is 5.69 Å². The SMILES string of the molecule is CCN(CC)CCCN1C(N2CCNCC2)=CN2c3ccccc3SC12. The van der Waals surface area contributed by atoms with Crippen LogP contribution in [0.3, 0.4) is 0 Å². The summed E-state index contributed by atoms with van der Waals surface area (Å²) >= 11 is 2.00. The summed E-state index contributed by atoms with van der Waals surface area (Å²) in [5.41, 5.74) is 1.75. The highest BCUT2D eigenvalue weighted by Crippen LogP contribution is 2.49. The second kappa shape index (κ2) is 8.11. The normalized spacial score (nSPS) is 22.0. The fourth-order valence-electron chi connectivity index (χ4n) is 4.10. The fraction of sp³-hybridized carbons (Fsp3) is 0.600. The van der Waals surface area contributed by atoms with Gasteiger partial charge in [-0.15, -0.1) is 0 Å². The van der Waals surface area contributed by atoms with E-state index in [9.17, 15) is 0 Å². The minimum atomic E-state index is 0.383. The Hall–Kier alpha value is -1.37. The third-order valence-electron chi connectivity index (χ3n) is 5.64. The van der Waals surface area contributed by atoms with Gasteiger partial charge in [-0.05, 0) is 38.2 Å². The van der Waals surface area contributed by atoms with Crippen molar-refractivity contribution in [1.29, 1.82) is 0 Å². The molecular weight excluding hydrogens is 342 g/mol. The molecule has 5 nitrogen and oxygen atoms in total. The standard InChI is InChI=1S/C20H31N5S/c1-3-22(4-2)12-7-13-24-19(23-14-10-21-11-15-23)16-25-17-8-5-6-9-18(17)26-20(24)25/h5-6,8-9,16,20-21H,3-4,7,10-15H2,1-2H3. The molecule has 1 unspecified atom stereocenters. The number of para-hydroxylation sites is 1. The van der Waals surface area contributed by atoms with Gasteiger partial charge in [0.2, 0.25) is 0 Å². The molecule has 3 aliphatic heterocycles. The first-order valence-electron chi connectivity index (χ1n) is 10.0. The number of hydrogen-bond donors (Lipinski definition) is 1. The van der Waals surface area contributed by atoms with Crippen LogP contribution in [0.25, 0.3) is 0 Å². The van der Waals surface area contributed by atoms with E-state index in [0.29, 0.717) is 5.50 Å². The Morgan fingerprint density at radius 3 is 2.69 bits per heavy atom. The number of piperazine rings is 1. The van der Waals surface area contributed by atoms with Crippen LogP contribution in [0.4, 0.5) is 5.69 Å². The topological polar surface area (TPSA) is 25.0 Å². The Morgan fingerprint density at radius 1 is 1.15 bits per heavy atom. The monoisotopic (exact) mass is 373 g/mol. The highest BCUT2D eigenvalue weighted by molar-refractivity contribution is 8.00. The van der Waals surface area contributed by atoms with Gasteiger partial charge in [0, 0.05) is 43.8 Å². The lowest BCUT2D eigenvalue weighted by Gasteiger charge is -2.37. The first-order valence-corrected chi connectivity index (χ1v) is 10.9. The van der Waals surface area contributed by atoms with Crippen molar-refractivity contribution in [2.45, 2.75) is 30.7 Å². The number of hydrogen-bond acceptors (Lipinski definition) is 6. The van der Waals surface area contributed by atoms with Gasteiger partial charge in [0.15, 0.2) is 5.50 Å². The van der Waals surface area contributed by atoms with Crippen LogP contribution in [-0.2, 0) is 0 Å². The molecule has 4 rings (SSSR count). The van der Waals surface area contributed by atoms with Crippen LogP contribution in [0.15, 0.2) is 41.2 Å². The summed E-state index contributed by atoms with van der Waals surface area (Å²) < 4.78 is 0. The van der Waals surface area contributed by atoms with Crippen molar-refractivity contribution in [3.8, 4) is 0 Å². The molecule has 0 aromatic heterocycles. The second-order valence-corrected chi connectivity index (χ2v) is 8.21. The van der Waals surface area contributed by atoms with Crippen molar-refractivity contribution in [3.63, 3.8) is 0 Å². The summed E-state index contributed by atoms with van der Waals surface area (Å²) in [6, 6.07) is 8.82. The third-order valence-corrected chi connectivity index (χ3v) is 6.93. The average molecular weight is 374 g/mol. The molecule has 0 amide bonds. The van der Waals surface area contributed by atoms with Crippen LogP contribution < -0.4 is 10.2 Å². The molecule has 0 spiro atoms. The number of benzene rings is 1. The molecule has 3 aliphatic rings. The number of nitrogens with zero attached hydrogens (tertiary/aromatic N) is 4. The zero-order valence-corrected chi connectivity index (χ0v) is 16.8. The van der Waals surface area contributed by atoms with E-state index in [0.717, 1.165) is 45.8 Å². The molecular formula is C20H31N5S. The number of nitrogens with one attached hydrogen (secondary N) is 1. The number of thioether (sulfide) groups is 1. The minimum absolute atomic E-state index is 0.383. The van der Waals surface area contributed by atoms with Crippen molar-refractivity contribution < 1.29 is 0 Å². The molecule has 0 saturated carbocycles. The van der Waals surface area contributed by atoms with Crippen molar-refractivity contribution in [1.82, 2.24) is 20.0 Å². The molecule has 3 heterocycles. The molecule has 0 aliphatic carbocycles. The van der Waals surface area contributed by atoms with E-state index in [1.54, 1.807) is 0 Å². The lowest BCUT2D eigenvalue weighted by Crippen LogP contribution is -2.47. The maximum absolute atomic E-state index is 3.48. The number of anilines is 1. The summed E-state index contributed by atoms with van der Waals surface area (Å²) in [4.78, 5) is 11.6. The Kier molecular flexibility index (Phi) is 5.62. The van der Waals surface area contributed by atoms with Crippen molar-refractivity contribution in [3.05, 3.63) is 36.3 Å². The maximum Gasteiger partial charge on any atom is 0.160 e. The van der Waals surface area contributed by atoms with Crippen LogP contribution in [-0.4, -0.2) is 72.6 Å². The van der Waals surface area contributed by atoms with E-state index in [4.69, 9.17) is 0 Å². The molecule has 1 fully saturated rings. The zero-order chi connectivity index (χ0) is 17.9. The quantitative estimate of drug-likeness (QED) is 0.789. The van der Waals surface area contributed by atoms with Gasteiger partial charge in [0.25, 0.3) is 0 Å². The molecule has 1 aromatic carbocycles. The first kappa shape index (κ1) is 18.0. The Morgan fingerprint density at radius 2 is 1.92 bits per heavy atom. The molecule has 6 heteroatoms. The summed E-state index contributed by atoms with van der Waals surface area (Å²) in [7, 11) is 0. The molecule has 0 radical (unpaired) electrons. The van der Waals surface area contributed by atoms with E-state index in [-0.39, 0.29) is 0 Å². The fourth-order valence-corrected chi connectivity index (χ4v) is 5.41. The van der Waals surface area contributed by atoms with E-state index >= 15 is 0 Å². The molecule has 26 heavy (non-hydrogen) atoms. The van der Waals surface area contributed by atoms with Gasteiger partial charge in [0.1, 0.15) is 5.82 Å². The molecule has 1 aromatic rings.